The van der Waals surface area contributed by atoms with Gasteiger partial charge >= 0.3 is 0 Å². The first-order chi connectivity index (χ1) is 6.02. The van der Waals surface area contributed by atoms with Gasteiger partial charge in [-0.2, -0.15) is 0 Å². The van der Waals surface area contributed by atoms with E-state index >= 15 is 0 Å². The molecule has 2 rings (SSSR count). The summed E-state index contributed by atoms with van der Waals surface area (Å²) < 4.78 is 1.17. The van der Waals surface area contributed by atoms with Crippen molar-refractivity contribution in [3.8, 4) is 0 Å². The average Bonchev–Trinajstić information content (AvgIpc) is 2.49. The highest BCUT2D eigenvalue weighted by Crippen LogP contribution is 2.61. The Labute approximate surface area is 96.4 Å². The molecule has 0 nitrogen and oxygen atoms in total. The van der Waals surface area contributed by atoms with Gasteiger partial charge in [-0.1, -0.05) is 13.8 Å². The van der Waals surface area contributed by atoms with E-state index in [4.69, 9.17) is 11.6 Å². The van der Waals surface area contributed by atoms with Crippen molar-refractivity contribution >= 4 is 38.9 Å². The summed E-state index contributed by atoms with van der Waals surface area (Å²) in [4.78, 5) is 1.29. The van der Waals surface area contributed by atoms with E-state index in [2.05, 4.69) is 41.2 Å². The standard InChI is InChI=1S/C10H12BrClS/c1-10(2)5-6(10)8(12)9-7(11)3-4-13-9/h3-4,6,8H,5H2,1-2H3. The second-order valence-corrected chi connectivity index (χ2v) is 6.61. The third-order valence-electron chi connectivity index (χ3n) is 2.84. The number of thiophene rings is 1. The minimum Gasteiger partial charge on any atom is -0.146 e. The van der Waals surface area contributed by atoms with Gasteiger partial charge in [-0.3, -0.25) is 0 Å². The summed E-state index contributed by atoms with van der Waals surface area (Å²) in [7, 11) is 0. The first-order valence-corrected chi connectivity index (χ1v) is 6.50. The molecule has 0 bridgehead atoms. The second kappa shape index (κ2) is 3.25. The topological polar surface area (TPSA) is 0 Å². The van der Waals surface area contributed by atoms with Gasteiger partial charge in [0.15, 0.2) is 0 Å². The maximum Gasteiger partial charge on any atom is 0.0723 e. The Balaban J connectivity index is 2.15. The molecule has 2 unspecified atom stereocenters. The van der Waals surface area contributed by atoms with Gasteiger partial charge in [0, 0.05) is 9.35 Å². The van der Waals surface area contributed by atoms with Crippen molar-refractivity contribution in [3.63, 3.8) is 0 Å². The van der Waals surface area contributed by atoms with Crippen molar-refractivity contribution in [3.05, 3.63) is 20.8 Å². The van der Waals surface area contributed by atoms with E-state index in [0.29, 0.717) is 11.3 Å². The molecule has 0 saturated heterocycles. The van der Waals surface area contributed by atoms with E-state index < -0.39 is 0 Å². The summed E-state index contributed by atoms with van der Waals surface area (Å²) in [5.41, 5.74) is 0.454. The van der Waals surface area contributed by atoms with Crippen LogP contribution in [-0.2, 0) is 0 Å². The molecule has 0 N–H and O–H groups in total. The monoisotopic (exact) mass is 278 g/mol. The smallest absolute Gasteiger partial charge is 0.0723 e. The predicted octanol–water partition coefficient (Wildman–Crippen LogP) is 4.84. The van der Waals surface area contributed by atoms with Crippen molar-refractivity contribution < 1.29 is 0 Å². The minimum atomic E-state index is 0.198. The van der Waals surface area contributed by atoms with E-state index in [-0.39, 0.29) is 5.38 Å². The number of halogens is 2. The lowest BCUT2D eigenvalue weighted by Crippen LogP contribution is -1.97. The fraction of sp³-hybridized carbons (Fsp3) is 0.600. The zero-order chi connectivity index (χ0) is 9.64. The molecule has 72 valence electrons. The van der Waals surface area contributed by atoms with Crippen LogP contribution in [0.4, 0.5) is 0 Å². The molecule has 1 heterocycles. The quantitative estimate of drug-likeness (QED) is 0.680. The molecule has 0 radical (unpaired) electrons. The van der Waals surface area contributed by atoms with Crippen LogP contribution in [0, 0.1) is 11.3 Å². The third-order valence-corrected chi connectivity index (χ3v) is 5.44. The number of hydrogen-bond acceptors (Lipinski definition) is 1. The summed E-state index contributed by atoms with van der Waals surface area (Å²) in [6.45, 7) is 4.57. The molecule has 13 heavy (non-hydrogen) atoms. The normalized spacial score (nSPS) is 27.2. The molecule has 0 aliphatic heterocycles. The molecular weight excluding hydrogens is 268 g/mol. The van der Waals surface area contributed by atoms with Crippen LogP contribution in [0.25, 0.3) is 0 Å². The van der Waals surface area contributed by atoms with Gasteiger partial charge in [0.1, 0.15) is 0 Å². The molecule has 2 atom stereocenters. The average molecular weight is 280 g/mol. The van der Waals surface area contributed by atoms with E-state index in [0.717, 1.165) is 0 Å². The van der Waals surface area contributed by atoms with Crippen LogP contribution < -0.4 is 0 Å². The van der Waals surface area contributed by atoms with Crippen molar-refractivity contribution in [2.45, 2.75) is 25.6 Å². The highest BCUT2D eigenvalue weighted by atomic mass is 79.9. The lowest BCUT2D eigenvalue weighted by atomic mass is 10.1. The fourth-order valence-electron chi connectivity index (χ4n) is 1.69. The van der Waals surface area contributed by atoms with Gasteiger partial charge in [-0.15, -0.1) is 22.9 Å². The lowest BCUT2D eigenvalue weighted by Gasteiger charge is -2.09. The van der Waals surface area contributed by atoms with E-state index in [9.17, 15) is 0 Å². The molecule has 1 fully saturated rings. The van der Waals surface area contributed by atoms with Crippen LogP contribution >= 0.6 is 38.9 Å². The number of rotatable bonds is 2. The van der Waals surface area contributed by atoms with Crippen LogP contribution in [0.5, 0.6) is 0 Å². The molecule has 1 saturated carbocycles. The summed E-state index contributed by atoms with van der Waals surface area (Å²) >= 11 is 11.7. The van der Waals surface area contributed by atoms with Gasteiger partial charge in [0.05, 0.1) is 5.38 Å². The molecule has 0 aromatic carbocycles. The van der Waals surface area contributed by atoms with Gasteiger partial charge in [0.25, 0.3) is 0 Å². The Morgan fingerprint density at radius 3 is 2.69 bits per heavy atom. The fourth-order valence-corrected chi connectivity index (χ4v) is 4.19. The highest BCUT2D eigenvalue weighted by molar-refractivity contribution is 9.10. The number of alkyl halides is 1. The Bertz CT molecular complexity index is 318. The Hall–Kier alpha value is 0.470. The second-order valence-electron chi connectivity index (χ2n) is 4.33. The summed E-state index contributed by atoms with van der Waals surface area (Å²) in [5, 5.41) is 2.29. The molecule has 3 heteroatoms. The van der Waals surface area contributed by atoms with E-state index in [1.54, 1.807) is 11.3 Å². The molecule has 1 aromatic heterocycles. The first-order valence-electron chi connectivity index (χ1n) is 4.39. The Kier molecular flexibility index (Phi) is 2.50. The summed E-state index contributed by atoms with van der Waals surface area (Å²) in [5.74, 6) is 0.657. The van der Waals surface area contributed by atoms with Crippen LogP contribution in [0.15, 0.2) is 15.9 Å². The third kappa shape index (κ3) is 1.81. The number of hydrogen-bond donors (Lipinski definition) is 0. The zero-order valence-corrected chi connectivity index (χ0v) is 10.8. The van der Waals surface area contributed by atoms with Crippen molar-refractivity contribution in [1.29, 1.82) is 0 Å². The van der Waals surface area contributed by atoms with Crippen molar-refractivity contribution in [2.75, 3.05) is 0 Å². The van der Waals surface area contributed by atoms with Gasteiger partial charge in [0.2, 0.25) is 0 Å². The maximum atomic E-state index is 6.42. The molecule has 1 aromatic rings. The van der Waals surface area contributed by atoms with Crippen molar-refractivity contribution in [1.82, 2.24) is 0 Å². The van der Waals surface area contributed by atoms with Gasteiger partial charge in [-0.25, -0.2) is 0 Å². The van der Waals surface area contributed by atoms with Crippen LogP contribution in [0.2, 0.25) is 0 Å². The molecule has 1 aliphatic rings. The maximum absolute atomic E-state index is 6.42. The molecule has 0 spiro atoms. The van der Waals surface area contributed by atoms with Crippen LogP contribution in [-0.4, -0.2) is 0 Å². The highest BCUT2D eigenvalue weighted by Gasteiger charge is 2.50. The summed E-state index contributed by atoms with van der Waals surface area (Å²) in [6.07, 6.45) is 1.26. The van der Waals surface area contributed by atoms with Crippen LogP contribution in [0.3, 0.4) is 0 Å². The molecular formula is C10H12BrClS. The Morgan fingerprint density at radius 2 is 2.31 bits per heavy atom. The predicted molar refractivity (Wildman–Crippen MR) is 62.5 cm³/mol. The van der Waals surface area contributed by atoms with Crippen LogP contribution in [0.1, 0.15) is 30.5 Å². The molecule has 1 aliphatic carbocycles. The lowest BCUT2D eigenvalue weighted by molar-refractivity contribution is 0.550. The van der Waals surface area contributed by atoms with Crippen molar-refractivity contribution in [2.24, 2.45) is 11.3 Å². The summed E-state index contributed by atoms with van der Waals surface area (Å²) in [6, 6.07) is 2.07. The molecule has 0 amide bonds. The van der Waals surface area contributed by atoms with Gasteiger partial charge < -0.3 is 0 Å². The first kappa shape index (κ1) is 10.0. The largest absolute Gasteiger partial charge is 0.146 e. The Morgan fingerprint density at radius 1 is 1.69 bits per heavy atom. The SMILES string of the molecule is CC1(C)CC1C(Cl)c1sccc1Br. The van der Waals surface area contributed by atoms with E-state index in [1.807, 2.05) is 0 Å². The minimum absolute atomic E-state index is 0.198. The van der Waals surface area contributed by atoms with Gasteiger partial charge in [-0.05, 0) is 45.1 Å². The van der Waals surface area contributed by atoms with E-state index in [1.165, 1.54) is 15.8 Å². The zero-order valence-electron chi connectivity index (χ0n) is 7.68.